The number of benzene rings is 2. The molecule has 2 aromatic rings. The third-order valence-corrected chi connectivity index (χ3v) is 6.21. The molecule has 170 valence electrons. The first kappa shape index (κ1) is 23.8. The molecule has 4 nitrogen and oxygen atoms in total. The van der Waals surface area contributed by atoms with Gasteiger partial charge in [0.1, 0.15) is 0 Å². The number of halogens is 3. The Labute approximate surface area is 181 Å². The first-order chi connectivity index (χ1) is 14.3. The number of aryl methyl sites for hydroxylation is 2. The number of fused-ring (bicyclic) bond motifs is 3. The van der Waals surface area contributed by atoms with E-state index in [9.17, 15) is 21.6 Å². The molecule has 2 aromatic carbocycles. The van der Waals surface area contributed by atoms with Crippen LogP contribution in [0.3, 0.4) is 0 Å². The van der Waals surface area contributed by atoms with Crippen molar-refractivity contribution in [3.63, 3.8) is 0 Å². The van der Waals surface area contributed by atoms with Crippen molar-refractivity contribution in [1.29, 1.82) is 0 Å². The Bertz CT molecular complexity index is 1030. The van der Waals surface area contributed by atoms with Crippen LogP contribution in [0.15, 0.2) is 42.5 Å². The first-order valence-corrected chi connectivity index (χ1v) is 12.1. The van der Waals surface area contributed by atoms with Crippen LogP contribution in [-0.2, 0) is 29.1 Å². The van der Waals surface area contributed by atoms with Crippen LogP contribution in [0.4, 0.5) is 13.2 Å². The van der Waals surface area contributed by atoms with E-state index in [0.29, 0.717) is 24.1 Å². The molecule has 0 amide bonds. The van der Waals surface area contributed by atoms with Crippen LogP contribution in [0.5, 0.6) is 0 Å². The molecule has 1 aliphatic carbocycles. The highest BCUT2D eigenvalue weighted by molar-refractivity contribution is 7.85. The Morgan fingerprint density at radius 3 is 2.45 bits per heavy atom. The topological polar surface area (TPSA) is 57.6 Å². The van der Waals surface area contributed by atoms with Gasteiger partial charge in [-0.2, -0.15) is 21.6 Å². The van der Waals surface area contributed by atoms with Crippen LogP contribution in [0.1, 0.15) is 40.2 Å². The fourth-order valence-electron chi connectivity index (χ4n) is 4.97. The van der Waals surface area contributed by atoms with Crippen molar-refractivity contribution in [1.82, 2.24) is 4.90 Å². The average Bonchev–Trinajstić information content (AvgIpc) is 2.95. The number of nitrogens with zero attached hydrogens (tertiary/aromatic N) is 1. The molecular formula is C23H28F3NO3S. The van der Waals surface area contributed by atoms with Crippen LogP contribution in [0.2, 0.25) is 0 Å². The van der Waals surface area contributed by atoms with E-state index in [1.165, 1.54) is 23.3 Å². The Hall–Kier alpha value is -1.90. The second-order valence-corrected chi connectivity index (χ2v) is 10.1. The van der Waals surface area contributed by atoms with Gasteiger partial charge in [0.05, 0.1) is 11.8 Å². The van der Waals surface area contributed by atoms with E-state index in [0.717, 1.165) is 36.9 Å². The molecule has 3 unspecified atom stereocenters. The molecule has 1 fully saturated rings. The highest BCUT2D eigenvalue weighted by Crippen LogP contribution is 2.46. The molecule has 2 aliphatic rings. The maximum atomic E-state index is 13.0. The summed E-state index contributed by atoms with van der Waals surface area (Å²) in [7, 11) is -1.51. The van der Waals surface area contributed by atoms with Gasteiger partial charge in [-0.05, 0) is 68.0 Å². The van der Waals surface area contributed by atoms with E-state index in [4.69, 9.17) is 4.55 Å². The van der Waals surface area contributed by atoms with Gasteiger partial charge >= 0.3 is 6.18 Å². The molecule has 0 spiro atoms. The van der Waals surface area contributed by atoms with Crippen LogP contribution in [0, 0.1) is 12.8 Å². The summed E-state index contributed by atoms with van der Waals surface area (Å²) in [6.45, 7) is 3.04. The number of rotatable bonds is 2. The second kappa shape index (κ2) is 8.92. The van der Waals surface area contributed by atoms with Crippen molar-refractivity contribution in [3.8, 4) is 0 Å². The molecule has 1 N–H and O–H groups in total. The summed E-state index contributed by atoms with van der Waals surface area (Å²) in [5.41, 5.74) is 4.13. The molecule has 1 heterocycles. The van der Waals surface area contributed by atoms with Gasteiger partial charge in [-0.1, -0.05) is 35.9 Å². The zero-order valence-corrected chi connectivity index (χ0v) is 18.7. The van der Waals surface area contributed by atoms with Gasteiger partial charge in [0.25, 0.3) is 10.1 Å². The highest BCUT2D eigenvalue weighted by atomic mass is 32.2. The molecule has 0 bridgehead atoms. The fraction of sp³-hybridized carbons (Fsp3) is 0.478. The normalized spacial score (nSPS) is 23.5. The van der Waals surface area contributed by atoms with Crippen molar-refractivity contribution in [2.24, 2.45) is 5.92 Å². The lowest BCUT2D eigenvalue weighted by Gasteiger charge is -2.32. The Morgan fingerprint density at radius 2 is 1.84 bits per heavy atom. The lowest BCUT2D eigenvalue weighted by atomic mass is 9.73. The van der Waals surface area contributed by atoms with Crippen LogP contribution >= 0.6 is 0 Å². The van der Waals surface area contributed by atoms with E-state index in [-0.39, 0.29) is 0 Å². The summed E-state index contributed by atoms with van der Waals surface area (Å²) in [5.74, 6) is 0.866. The van der Waals surface area contributed by atoms with E-state index < -0.39 is 21.9 Å². The van der Waals surface area contributed by atoms with Gasteiger partial charge in [-0.15, -0.1) is 0 Å². The fourth-order valence-corrected chi connectivity index (χ4v) is 4.97. The number of alkyl halides is 3. The molecule has 31 heavy (non-hydrogen) atoms. The van der Waals surface area contributed by atoms with Gasteiger partial charge in [0.2, 0.25) is 0 Å². The molecule has 4 rings (SSSR count). The predicted octanol–water partition coefficient (Wildman–Crippen LogP) is 4.72. The molecular weight excluding hydrogens is 427 g/mol. The van der Waals surface area contributed by atoms with Crippen molar-refractivity contribution < 1.29 is 26.1 Å². The summed E-state index contributed by atoms with van der Waals surface area (Å²) in [6, 6.07) is 13.5. The number of hydrogen-bond donors (Lipinski definition) is 1. The lowest BCUT2D eigenvalue weighted by molar-refractivity contribution is -0.137. The summed E-state index contributed by atoms with van der Waals surface area (Å²) < 4.78 is 64.9. The molecule has 3 atom stereocenters. The molecule has 0 radical (unpaired) electrons. The number of likely N-dealkylation sites (N-methyl/N-ethyl adjacent to an activating group) is 1. The third-order valence-electron chi connectivity index (χ3n) is 6.21. The van der Waals surface area contributed by atoms with Crippen LogP contribution in [0.25, 0.3) is 0 Å². The minimum Gasteiger partial charge on any atom is -0.302 e. The van der Waals surface area contributed by atoms with Crippen LogP contribution in [-0.4, -0.2) is 43.8 Å². The summed E-state index contributed by atoms with van der Waals surface area (Å²) >= 11 is 0. The highest BCUT2D eigenvalue weighted by Gasteiger charge is 2.43. The van der Waals surface area contributed by atoms with Gasteiger partial charge < -0.3 is 4.90 Å². The molecule has 1 aliphatic heterocycles. The van der Waals surface area contributed by atoms with E-state index in [1.54, 1.807) is 6.07 Å². The smallest absolute Gasteiger partial charge is 0.302 e. The van der Waals surface area contributed by atoms with E-state index >= 15 is 0 Å². The van der Waals surface area contributed by atoms with Crippen molar-refractivity contribution in [3.05, 3.63) is 70.3 Å². The maximum absolute atomic E-state index is 13.0. The SMILES string of the molecule is CS(=O)(=O)O.Cc1cccc(CC2C3CCc4cc(C(F)(F)F)ccc4C3CN2C)c1. The number of hydrogen-bond acceptors (Lipinski definition) is 3. The monoisotopic (exact) mass is 455 g/mol. The van der Waals surface area contributed by atoms with E-state index in [1.807, 2.05) is 0 Å². The molecule has 1 saturated heterocycles. The number of likely N-dealkylation sites (tertiary alicyclic amines) is 1. The van der Waals surface area contributed by atoms with Gasteiger partial charge in [-0.3, -0.25) is 4.55 Å². The summed E-state index contributed by atoms with van der Waals surface area (Å²) in [5, 5.41) is 0. The molecule has 8 heteroatoms. The summed E-state index contributed by atoms with van der Waals surface area (Å²) in [4.78, 5) is 2.41. The zero-order chi connectivity index (χ0) is 23.0. The first-order valence-electron chi connectivity index (χ1n) is 10.2. The Balaban J connectivity index is 0.000000491. The third kappa shape index (κ3) is 6.08. The van der Waals surface area contributed by atoms with Gasteiger partial charge in [0, 0.05) is 18.5 Å². The average molecular weight is 456 g/mol. The van der Waals surface area contributed by atoms with Crippen LogP contribution < -0.4 is 0 Å². The van der Waals surface area contributed by atoms with Gasteiger partial charge in [-0.25, -0.2) is 0 Å². The van der Waals surface area contributed by atoms with Crippen molar-refractivity contribution in [2.45, 2.75) is 44.3 Å². The van der Waals surface area contributed by atoms with E-state index in [2.05, 4.69) is 43.1 Å². The largest absolute Gasteiger partial charge is 0.416 e. The van der Waals surface area contributed by atoms with Gasteiger partial charge in [0.15, 0.2) is 0 Å². The zero-order valence-electron chi connectivity index (χ0n) is 17.9. The molecule has 0 saturated carbocycles. The minimum atomic E-state index is -4.26. The standard InChI is InChI=1S/C22H24F3N.CH4O3S/c1-14-4-3-5-15(10-14)11-21-19-8-6-16-12-17(22(23,24)25)7-9-18(16)20(19)13-26(21)2;1-5(2,3)4/h3-5,7,9-10,12,19-21H,6,8,11,13H2,1-2H3;1H3,(H,2,3,4). The maximum Gasteiger partial charge on any atom is 0.416 e. The Kier molecular flexibility index (Phi) is 6.84. The Morgan fingerprint density at radius 1 is 1.16 bits per heavy atom. The van der Waals surface area contributed by atoms with Crippen molar-refractivity contribution >= 4 is 10.1 Å². The molecule has 0 aromatic heterocycles. The minimum absolute atomic E-state index is 0.348. The van der Waals surface area contributed by atoms with Crippen molar-refractivity contribution in [2.75, 3.05) is 19.8 Å². The summed E-state index contributed by atoms with van der Waals surface area (Å²) in [6.07, 6.45) is -0.813. The predicted molar refractivity (Wildman–Crippen MR) is 115 cm³/mol. The lowest BCUT2D eigenvalue weighted by Crippen LogP contribution is -2.32. The second-order valence-electron chi connectivity index (χ2n) is 8.65. The quantitative estimate of drug-likeness (QED) is 0.666.